The summed E-state index contributed by atoms with van der Waals surface area (Å²) in [5.41, 5.74) is -0.525. The summed E-state index contributed by atoms with van der Waals surface area (Å²) in [5, 5.41) is 2.83. The molecule has 0 aromatic heterocycles. The SMILES string of the molecule is CCN(CC)C(=O)[C@H]1C[C@@H](NC(=O)OC(C)(C)C)[C@@H]2O[C@@H]21. The van der Waals surface area contributed by atoms with E-state index in [0.717, 1.165) is 0 Å². The molecule has 1 heterocycles. The minimum absolute atomic E-state index is 0.0398. The van der Waals surface area contributed by atoms with E-state index < -0.39 is 11.7 Å². The summed E-state index contributed by atoms with van der Waals surface area (Å²) in [6.07, 6.45) is 0.0990. The summed E-state index contributed by atoms with van der Waals surface area (Å²) in [5.74, 6) is -0.0178. The minimum Gasteiger partial charge on any atom is -0.444 e. The second kappa shape index (κ2) is 5.83. The quantitative estimate of drug-likeness (QED) is 0.799. The Morgan fingerprint density at radius 1 is 1.24 bits per heavy atom. The van der Waals surface area contributed by atoms with Gasteiger partial charge in [-0.05, 0) is 41.0 Å². The molecular formula is C15H26N2O4. The van der Waals surface area contributed by atoms with Gasteiger partial charge in [-0.1, -0.05) is 0 Å². The molecule has 0 aromatic rings. The smallest absolute Gasteiger partial charge is 0.407 e. The molecule has 1 saturated heterocycles. The molecule has 120 valence electrons. The molecule has 0 aromatic carbocycles. The monoisotopic (exact) mass is 298 g/mol. The van der Waals surface area contributed by atoms with Crippen LogP contribution in [0.15, 0.2) is 0 Å². The molecular weight excluding hydrogens is 272 g/mol. The topological polar surface area (TPSA) is 71.2 Å². The van der Waals surface area contributed by atoms with E-state index in [9.17, 15) is 9.59 Å². The van der Waals surface area contributed by atoms with E-state index in [1.807, 2.05) is 39.5 Å². The number of hydrogen-bond donors (Lipinski definition) is 1. The zero-order chi connectivity index (χ0) is 15.8. The third-order valence-electron chi connectivity index (χ3n) is 3.96. The molecule has 0 radical (unpaired) electrons. The van der Waals surface area contributed by atoms with E-state index in [4.69, 9.17) is 9.47 Å². The van der Waals surface area contributed by atoms with Crippen LogP contribution >= 0.6 is 0 Å². The normalized spacial score (nSPS) is 30.5. The van der Waals surface area contributed by atoms with Crippen LogP contribution in [0.4, 0.5) is 4.79 Å². The Labute approximate surface area is 126 Å². The third kappa shape index (κ3) is 3.67. The van der Waals surface area contributed by atoms with Gasteiger partial charge in [0, 0.05) is 13.1 Å². The van der Waals surface area contributed by atoms with Crippen LogP contribution in [0.2, 0.25) is 0 Å². The van der Waals surface area contributed by atoms with Crippen molar-refractivity contribution in [2.24, 2.45) is 5.92 Å². The molecule has 1 aliphatic carbocycles. The van der Waals surface area contributed by atoms with Gasteiger partial charge in [-0.25, -0.2) is 4.79 Å². The summed E-state index contributed by atoms with van der Waals surface area (Å²) in [4.78, 5) is 26.0. The van der Waals surface area contributed by atoms with E-state index in [1.54, 1.807) is 0 Å². The van der Waals surface area contributed by atoms with Gasteiger partial charge in [-0.2, -0.15) is 0 Å². The molecule has 0 unspecified atom stereocenters. The lowest BCUT2D eigenvalue weighted by molar-refractivity contribution is -0.136. The number of nitrogens with zero attached hydrogens (tertiary/aromatic N) is 1. The number of epoxide rings is 1. The van der Waals surface area contributed by atoms with Crippen molar-refractivity contribution in [1.29, 1.82) is 0 Å². The number of fused-ring (bicyclic) bond motifs is 1. The van der Waals surface area contributed by atoms with Gasteiger partial charge < -0.3 is 19.7 Å². The fourth-order valence-electron chi connectivity index (χ4n) is 2.94. The van der Waals surface area contributed by atoms with Gasteiger partial charge in [0.05, 0.1) is 18.1 Å². The van der Waals surface area contributed by atoms with Gasteiger partial charge in [0.2, 0.25) is 5.91 Å². The molecule has 2 fully saturated rings. The maximum absolute atomic E-state index is 12.4. The number of nitrogens with one attached hydrogen (secondary N) is 1. The van der Waals surface area contributed by atoms with Crippen LogP contribution in [0.1, 0.15) is 41.0 Å². The molecule has 0 spiro atoms. The fourth-order valence-corrected chi connectivity index (χ4v) is 2.94. The average molecular weight is 298 g/mol. The number of carbonyl (C=O) groups excluding carboxylic acids is 2. The van der Waals surface area contributed by atoms with Gasteiger partial charge in [0.25, 0.3) is 0 Å². The maximum atomic E-state index is 12.4. The number of alkyl carbamates (subject to hydrolysis) is 1. The maximum Gasteiger partial charge on any atom is 0.407 e. The van der Waals surface area contributed by atoms with Gasteiger partial charge in [-0.15, -0.1) is 0 Å². The molecule has 2 amide bonds. The first-order valence-electron chi connectivity index (χ1n) is 7.70. The van der Waals surface area contributed by atoms with E-state index in [0.29, 0.717) is 19.5 Å². The van der Waals surface area contributed by atoms with Crippen molar-refractivity contribution in [2.75, 3.05) is 13.1 Å². The Balaban J connectivity index is 1.90. The highest BCUT2D eigenvalue weighted by Crippen LogP contribution is 2.44. The molecule has 1 saturated carbocycles. The lowest BCUT2D eigenvalue weighted by atomic mass is 10.0. The molecule has 1 N–H and O–H groups in total. The molecule has 2 rings (SSSR count). The molecule has 21 heavy (non-hydrogen) atoms. The van der Waals surface area contributed by atoms with Gasteiger partial charge in [-0.3, -0.25) is 4.79 Å². The first kappa shape index (κ1) is 16.1. The Morgan fingerprint density at radius 3 is 2.38 bits per heavy atom. The Kier molecular flexibility index (Phi) is 4.46. The van der Waals surface area contributed by atoms with E-state index >= 15 is 0 Å². The number of ether oxygens (including phenoxy) is 2. The molecule has 0 bridgehead atoms. The van der Waals surface area contributed by atoms with Crippen molar-refractivity contribution in [2.45, 2.75) is 64.9 Å². The predicted octanol–water partition coefficient (Wildman–Crippen LogP) is 1.54. The Bertz CT molecular complexity index is 414. The second-order valence-corrected chi connectivity index (χ2v) is 6.67. The van der Waals surface area contributed by atoms with Crippen molar-refractivity contribution in [3.8, 4) is 0 Å². The van der Waals surface area contributed by atoms with Crippen LogP contribution in [-0.2, 0) is 14.3 Å². The van der Waals surface area contributed by atoms with Crippen molar-refractivity contribution < 1.29 is 19.1 Å². The zero-order valence-corrected chi connectivity index (χ0v) is 13.5. The van der Waals surface area contributed by atoms with Crippen LogP contribution in [0.25, 0.3) is 0 Å². The van der Waals surface area contributed by atoms with E-state index in [2.05, 4.69) is 5.32 Å². The molecule has 6 nitrogen and oxygen atoms in total. The molecule has 1 aliphatic heterocycles. The number of rotatable bonds is 4. The predicted molar refractivity (Wildman–Crippen MR) is 77.9 cm³/mol. The number of amides is 2. The van der Waals surface area contributed by atoms with Crippen LogP contribution < -0.4 is 5.32 Å². The lowest BCUT2D eigenvalue weighted by Gasteiger charge is -2.25. The number of hydrogen-bond acceptors (Lipinski definition) is 4. The van der Waals surface area contributed by atoms with Crippen LogP contribution in [0.3, 0.4) is 0 Å². The van der Waals surface area contributed by atoms with E-state index in [-0.39, 0.29) is 30.1 Å². The summed E-state index contributed by atoms with van der Waals surface area (Å²) in [7, 11) is 0. The highest BCUT2D eigenvalue weighted by atomic mass is 16.6. The summed E-state index contributed by atoms with van der Waals surface area (Å²) < 4.78 is 10.8. The van der Waals surface area contributed by atoms with Gasteiger partial charge in [0.1, 0.15) is 11.7 Å². The van der Waals surface area contributed by atoms with Crippen LogP contribution in [-0.4, -0.2) is 53.8 Å². The largest absolute Gasteiger partial charge is 0.444 e. The van der Waals surface area contributed by atoms with Crippen LogP contribution in [0.5, 0.6) is 0 Å². The average Bonchev–Trinajstić information content (AvgIpc) is 3.07. The molecule has 4 atom stereocenters. The van der Waals surface area contributed by atoms with Crippen LogP contribution in [0, 0.1) is 5.92 Å². The highest BCUT2D eigenvalue weighted by molar-refractivity contribution is 5.81. The fraction of sp³-hybridized carbons (Fsp3) is 0.867. The Hall–Kier alpha value is -1.30. The summed E-state index contributed by atoms with van der Waals surface area (Å²) in [6.45, 7) is 10.8. The lowest BCUT2D eigenvalue weighted by Crippen LogP contribution is -2.42. The second-order valence-electron chi connectivity index (χ2n) is 6.67. The summed E-state index contributed by atoms with van der Waals surface area (Å²) in [6, 6.07) is -0.130. The van der Waals surface area contributed by atoms with E-state index in [1.165, 1.54) is 0 Å². The van der Waals surface area contributed by atoms with Gasteiger partial charge >= 0.3 is 6.09 Å². The Morgan fingerprint density at radius 2 is 1.86 bits per heavy atom. The highest BCUT2D eigenvalue weighted by Gasteiger charge is 2.60. The minimum atomic E-state index is -0.525. The standard InChI is InChI=1S/C15H26N2O4/c1-6-17(7-2)13(18)9-8-10(12-11(9)20-12)16-14(19)21-15(3,4)5/h9-12H,6-8H2,1-5H3,(H,16,19)/t9-,10+,11+,12-/m0/s1. The number of carbonyl (C=O) groups is 2. The first-order valence-corrected chi connectivity index (χ1v) is 7.70. The van der Waals surface area contributed by atoms with Crippen molar-refractivity contribution >= 4 is 12.0 Å². The molecule has 6 heteroatoms. The zero-order valence-electron chi connectivity index (χ0n) is 13.5. The van der Waals surface area contributed by atoms with Gasteiger partial charge in [0.15, 0.2) is 0 Å². The molecule has 2 aliphatic rings. The van der Waals surface area contributed by atoms with Crippen molar-refractivity contribution in [3.05, 3.63) is 0 Å². The third-order valence-corrected chi connectivity index (χ3v) is 3.96. The van der Waals surface area contributed by atoms with Crippen molar-refractivity contribution in [3.63, 3.8) is 0 Å². The van der Waals surface area contributed by atoms with Crippen molar-refractivity contribution in [1.82, 2.24) is 10.2 Å². The first-order chi connectivity index (χ1) is 9.76. The summed E-state index contributed by atoms with van der Waals surface area (Å²) >= 11 is 0.